The third kappa shape index (κ3) is 24.8. The highest BCUT2D eigenvalue weighted by molar-refractivity contribution is 7.80. The predicted molar refractivity (Wildman–Crippen MR) is 51.7 cm³/mol. The van der Waals surface area contributed by atoms with E-state index in [4.69, 9.17) is 10.2 Å². The van der Waals surface area contributed by atoms with Crippen LogP contribution < -0.4 is 5.32 Å². The van der Waals surface area contributed by atoms with Gasteiger partial charge in [-0.05, 0) is 13.8 Å². The van der Waals surface area contributed by atoms with Crippen LogP contribution in [0, 0.1) is 0 Å². The van der Waals surface area contributed by atoms with E-state index in [9.17, 15) is 13.0 Å². The minimum absolute atomic E-state index is 0.274. The second kappa shape index (κ2) is 9.01. The molecule has 0 amide bonds. The fourth-order valence-corrected chi connectivity index (χ4v) is 0.579. The van der Waals surface area contributed by atoms with Crippen LogP contribution in [0.5, 0.6) is 0 Å². The van der Waals surface area contributed by atoms with Crippen molar-refractivity contribution in [2.75, 3.05) is 20.2 Å². The van der Waals surface area contributed by atoms with Crippen molar-refractivity contribution in [3.63, 3.8) is 0 Å². The summed E-state index contributed by atoms with van der Waals surface area (Å²) in [7, 11) is -3.60. The Morgan fingerprint density at radius 3 is 1.67 bits per heavy atom. The van der Waals surface area contributed by atoms with Gasteiger partial charge in [-0.1, -0.05) is 0 Å². The van der Waals surface area contributed by atoms with Gasteiger partial charge in [-0.25, -0.2) is 8.42 Å². The lowest BCUT2D eigenvalue weighted by Gasteiger charge is -2.04. The second-order valence-electron chi connectivity index (χ2n) is 3.03. The van der Waals surface area contributed by atoms with Gasteiger partial charge < -0.3 is 20.1 Å². The Morgan fingerprint density at radius 1 is 1.27 bits per heavy atom. The molecule has 94 valence electrons. The van der Waals surface area contributed by atoms with Gasteiger partial charge in [-0.2, -0.15) is 0 Å². The number of aliphatic hydroxyl groups is 2. The molecule has 0 saturated carbocycles. The van der Waals surface area contributed by atoms with Crippen LogP contribution in [-0.2, 0) is 14.6 Å². The first-order valence-electron chi connectivity index (χ1n) is 4.38. The Kier molecular flexibility index (Phi) is 10.3. The quantitative estimate of drug-likeness (QED) is 0.360. The van der Waals surface area contributed by atoms with Crippen LogP contribution in [0.4, 0.5) is 0 Å². The van der Waals surface area contributed by atoms with Crippen molar-refractivity contribution in [1.29, 1.82) is 0 Å². The molecule has 0 aliphatic heterocycles. The van der Waals surface area contributed by atoms with Gasteiger partial charge in [0.25, 0.3) is 0 Å². The molecule has 0 fully saturated rings. The smallest absolute Gasteiger partial charge is 0.217 e. The van der Waals surface area contributed by atoms with Gasteiger partial charge in [0.15, 0.2) is 0 Å². The largest absolute Gasteiger partial charge is 0.726 e. The molecule has 0 radical (unpaired) electrons. The highest BCUT2D eigenvalue weighted by atomic mass is 32.3. The Morgan fingerprint density at radius 2 is 1.53 bits per heavy atom. The molecular formula is C7H19NO6S. The van der Waals surface area contributed by atoms with E-state index in [0.717, 1.165) is 7.11 Å². The van der Waals surface area contributed by atoms with Gasteiger partial charge >= 0.3 is 0 Å². The normalized spacial score (nSPS) is 15.1. The zero-order chi connectivity index (χ0) is 12.5. The average Bonchev–Trinajstić information content (AvgIpc) is 2.02. The zero-order valence-corrected chi connectivity index (χ0v) is 9.90. The number of hydrogen-bond acceptors (Lipinski definition) is 6. The maximum absolute atomic E-state index is 9.22. The summed E-state index contributed by atoms with van der Waals surface area (Å²) in [5.74, 6) is 0. The minimum Gasteiger partial charge on any atom is -0.726 e. The molecule has 0 aromatic heterocycles. The Bertz CT molecular complexity index is 218. The topological polar surface area (TPSA) is 124 Å². The molecule has 4 N–H and O–H groups in total. The summed E-state index contributed by atoms with van der Waals surface area (Å²) >= 11 is 0. The first-order valence-corrected chi connectivity index (χ1v) is 5.71. The fraction of sp³-hybridized carbons (Fsp3) is 1.00. The summed E-state index contributed by atoms with van der Waals surface area (Å²) < 4.78 is 31.0. The molecule has 0 aliphatic rings. The molecule has 0 aromatic carbocycles. The summed E-state index contributed by atoms with van der Waals surface area (Å²) in [4.78, 5) is 0. The lowest BCUT2D eigenvalue weighted by Crippen LogP contribution is -2.88. The van der Waals surface area contributed by atoms with Crippen molar-refractivity contribution >= 4 is 10.4 Å². The molecule has 0 saturated heterocycles. The Hall–Kier alpha value is -0.250. The van der Waals surface area contributed by atoms with Gasteiger partial charge in [0.2, 0.25) is 10.4 Å². The SMILES string of the molecule is CC(O)C[NH2+]CC(C)O.COS(=O)(=O)[O-]. The van der Waals surface area contributed by atoms with E-state index in [1.807, 2.05) is 5.32 Å². The van der Waals surface area contributed by atoms with Gasteiger partial charge in [-0.3, -0.25) is 4.18 Å². The molecule has 0 heterocycles. The molecule has 8 heteroatoms. The van der Waals surface area contributed by atoms with E-state index >= 15 is 0 Å². The monoisotopic (exact) mass is 245 g/mol. The third-order valence-corrected chi connectivity index (χ3v) is 1.63. The molecule has 15 heavy (non-hydrogen) atoms. The molecule has 0 rings (SSSR count). The lowest BCUT2D eigenvalue weighted by atomic mass is 10.3. The summed E-state index contributed by atoms with van der Waals surface area (Å²) in [6.45, 7) is 4.81. The van der Waals surface area contributed by atoms with E-state index < -0.39 is 10.4 Å². The molecular weight excluding hydrogens is 226 g/mol. The summed E-state index contributed by atoms with van der Waals surface area (Å²) in [6, 6.07) is 0. The number of nitrogens with two attached hydrogens (primary N) is 1. The highest BCUT2D eigenvalue weighted by Gasteiger charge is 1.99. The first-order chi connectivity index (χ1) is 6.69. The predicted octanol–water partition coefficient (Wildman–Crippen LogP) is -2.60. The molecule has 0 bridgehead atoms. The maximum Gasteiger partial charge on any atom is 0.217 e. The molecule has 2 unspecified atom stereocenters. The standard InChI is InChI=1S/C6H15NO2.CH4O4S/c1-5(8)3-7-4-6(2)9;1-5-6(2,3)4/h5-9H,3-4H2,1-2H3;1H3,(H,2,3,4). The second-order valence-corrected chi connectivity index (χ2v) is 4.18. The summed E-state index contributed by atoms with van der Waals surface area (Å²) in [5.41, 5.74) is 0. The maximum atomic E-state index is 9.22. The molecule has 2 atom stereocenters. The van der Waals surface area contributed by atoms with Crippen molar-refractivity contribution in [3.05, 3.63) is 0 Å². The highest BCUT2D eigenvalue weighted by Crippen LogP contribution is 1.74. The number of quaternary nitrogens is 1. The van der Waals surface area contributed by atoms with Crippen LogP contribution in [-0.4, -0.2) is 55.6 Å². The van der Waals surface area contributed by atoms with E-state index in [2.05, 4.69) is 4.18 Å². The van der Waals surface area contributed by atoms with Crippen LogP contribution in [0.1, 0.15) is 13.8 Å². The van der Waals surface area contributed by atoms with Crippen LogP contribution in [0.15, 0.2) is 0 Å². The van der Waals surface area contributed by atoms with Gasteiger partial charge in [0, 0.05) is 0 Å². The van der Waals surface area contributed by atoms with Crippen molar-refractivity contribution in [2.24, 2.45) is 0 Å². The zero-order valence-electron chi connectivity index (χ0n) is 9.08. The molecule has 0 spiro atoms. The summed E-state index contributed by atoms with van der Waals surface area (Å²) in [6.07, 6.45) is -0.549. The lowest BCUT2D eigenvalue weighted by molar-refractivity contribution is -0.665. The van der Waals surface area contributed by atoms with Crippen molar-refractivity contribution in [1.82, 2.24) is 0 Å². The van der Waals surface area contributed by atoms with Crippen LogP contribution in [0.3, 0.4) is 0 Å². The van der Waals surface area contributed by atoms with Gasteiger partial charge in [0.05, 0.1) is 19.3 Å². The van der Waals surface area contributed by atoms with Crippen LogP contribution >= 0.6 is 0 Å². The van der Waals surface area contributed by atoms with Gasteiger partial charge in [-0.15, -0.1) is 0 Å². The molecule has 0 aromatic rings. The molecule has 7 nitrogen and oxygen atoms in total. The van der Waals surface area contributed by atoms with Crippen LogP contribution in [0.25, 0.3) is 0 Å². The Balaban J connectivity index is 0. The average molecular weight is 245 g/mol. The minimum atomic E-state index is -4.41. The fourth-order valence-electron chi connectivity index (χ4n) is 0.579. The Labute approximate surface area is 90.0 Å². The number of aliphatic hydroxyl groups excluding tert-OH is 2. The number of hydrogen-bond donors (Lipinski definition) is 3. The van der Waals surface area contributed by atoms with Crippen molar-refractivity contribution in [2.45, 2.75) is 26.1 Å². The van der Waals surface area contributed by atoms with E-state index in [1.54, 1.807) is 13.8 Å². The van der Waals surface area contributed by atoms with Crippen LogP contribution in [0.2, 0.25) is 0 Å². The van der Waals surface area contributed by atoms with E-state index in [1.165, 1.54) is 0 Å². The van der Waals surface area contributed by atoms with Crippen molar-refractivity contribution < 1.29 is 32.7 Å². The third-order valence-electron chi connectivity index (χ3n) is 1.22. The number of rotatable bonds is 5. The summed E-state index contributed by atoms with van der Waals surface area (Å²) in [5, 5.41) is 19.4. The van der Waals surface area contributed by atoms with Gasteiger partial charge in [0.1, 0.15) is 13.1 Å². The van der Waals surface area contributed by atoms with E-state index in [0.29, 0.717) is 13.1 Å². The van der Waals surface area contributed by atoms with Crippen molar-refractivity contribution in [3.8, 4) is 0 Å². The first kappa shape index (κ1) is 17.2. The molecule has 0 aliphatic carbocycles. The van der Waals surface area contributed by atoms with E-state index in [-0.39, 0.29) is 12.2 Å².